The van der Waals surface area contributed by atoms with Gasteiger partial charge in [0.2, 0.25) is 0 Å². The highest BCUT2D eigenvalue weighted by molar-refractivity contribution is 6.31. The molecule has 0 unspecified atom stereocenters. The highest BCUT2D eigenvalue weighted by Gasteiger charge is 2.28. The Morgan fingerprint density at radius 1 is 1.00 bits per heavy atom. The zero-order valence-electron chi connectivity index (χ0n) is 17.6. The summed E-state index contributed by atoms with van der Waals surface area (Å²) in [5, 5.41) is 15.9. The van der Waals surface area contributed by atoms with Gasteiger partial charge in [-0.1, -0.05) is 31.0 Å². The van der Waals surface area contributed by atoms with Crippen LogP contribution in [-0.2, 0) is 11.3 Å². The Kier molecular flexibility index (Phi) is 5.27. The number of carbonyl (C=O) groups excluding carboxylic acids is 2. The van der Waals surface area contributed by atoms with Crippen LogP contribution < -0.4 is 10.6 Å². The Morgan fingerprint density at radius 2 is 1.81 bits per heavy atom. The molecule has 6 heteroatoms. The lowest BCUT2D eigenvalue weighted by molar-refractivity contribution is -0.114. The smallest absolute Gasteiger partial charge is 0.260 e. The number of phenols is 1. The molecular weight excluding hydrogens is 404 g/mol. The van der Waals surface area contributed by atoms with Crippen molar-refractivity contribution in [2.24, 2.45) is 0 Å². The molecule has 1 aliphatic carbocycles. The second-order valence-electron chi connectivity index (χ2n) is 8.37. The molecule has 0 saturated heterocycles. The molecule has 0 bridgehead atoms. The largest absolute Gasteiger partial charge is 0.507 e. The number of benzene rings is 2. The maximum atomic E-state index is 12.6. The normalized spacial score (nSPS) is 17.4. The molecule has 32 heavy (non-hydrogen) atoms. The van der Waals surface area contributed by atoms with Crippen LogP contribution in [0.2, 0.25) is 0 Å². The zero-order valence-corrected chi connectivity index (χ0v) is 17.6. The Morgan fingerprint density at radius 3 is 2.56 bits per heavy atom. The number of aromatic hydroxyl groups is 1. The molecule has 2 aromatic carbocycles. The van der Waals surface area contributed by atoms with E-state index in [1.165, 1.54) is 18.4 Å². The standard InChI is InChI=1S/C26H24N2O4/c29-24-11-16(5-7-20(24)19-9-10-32-15-19)13-27-14-23-22-12-18(17-3-1-2-4-17)6-8-21(22)25(30)28-26(23)31/h5-12,14-15,17,27,29H,1-4,13H2,(H,28,30,31)/b23-14+. The molecule has 2 amide bonds. The van der Waals surface area contributed by atoms with E-state index in [-0.39, 0.29) is 11.7 Å². The predicted octanol–water partition coefficient (Wildman–Crippen LogP) is 4.71. The van der Waals surface area contributed by atoms with E-state index in [0.717, 1.165) is 24.0 Å². The minimum absolute atomic E-state index is 0.158. The fourth-order valence-electron chi connectivity index (χ4n) is 4.62. The lowest BCUT2D eigenvalue weighted by Crippen LogP contribution is -2.37. The molecule has 1 aromatic heterocycles. The van der Waals surface area contributed by atoms with E-state index in [2.05, 4.69) is 10.6 Å². The number of hydrogen-bond donors (Lipinski definition) is 3. The van der Waals surface area contributed by atoms with Crippen molar-refractivity contribution >= 4 is 17.4 Å². The number of phenolic OH excluding ortho intramolecular Hbond substituents is 1. The van der Waals surface area contributed by atoms with Crippen molar-refractivity contribution in [3.63, 3.8) is 0 Å². The van der Waals surface area contributed by atoms with Crippen LogP contribution in [0.25, 0.3) is 16.7 Å². The van der Waals surface area contributed by atoms with Gasteiger partial charge in [0.05, 0.1) is 18.1 Å². The summed E-state index contributed by atoms with van der Waals surface area (Å²) in [5.41, 5.74) is 5.18. The Bertz CT molecular complexity index is 1200. The number of hydrogen-bond acceptors (Lipinski definition) is 5. The van der Waals surface area contributed by atoms with Crippen LogP contribution in [0.4, 0.5) is 0 Å². The number of imide groups is 1. The predicted molar refractivity (Wildman–Crippen MR) is 121 cm³/mol. The number of carbonyl (C=O) groups is 2. The molecule has 0 spiro atoms. The third-order valence-corrected chi connectivity index (χ3v) is 6.32. The highest BCUT2D eigenvalue weighted by atomic mass is 16.3. The van der Waals surface area contributed by atoms with Gasteiger partial charge in [-0.3, -0.25) is 14.9 Å². The quantitative estimate of drug-likeness (QED) is 0.404. The summed E-state index contributed by atoms with van der Waals surface area (Å²) < 4.78 is 5.08. The maximum Gasteiger partial charge on any atom is 0.260 e. The number of furan rings is 1. The van der Waals surface area contributed by atoms with Crippen molar-refractivity contribution in [3.05, 3.63) is 83.4 Å². The molecule has 1 saturated carbocycles. The molecule has 162 valence electrons. The molecule has 3 aromatic rings. The molecule has 1 aliphatic heterocycles. The van der Waals surface area contributed by atoms with Crippen LogP contribution in [0, 0.1) is 0 Å². The van der Waals surface area contributed by atoms with Gasteiger partial charge in [0.15, 0.2) is 0 Å². The van der Waals surface area contributed by atoms with Crippen molar-refractivity contribution < 1.29 is 19.1 Å². The number of fused-ring (bicyclic) bond motifs is 1. The average Bonchev–Trinajstić information content (AvgIpc) is 3.50. The van der Waals surface area contributed by atoms with Gasteiger partial charge in [0.25, 0.3) is 11.8 Å². The first-order valence-electron chi connectivity index (χ1n) is 10.9. The molecule has 0 radical (unpaired) electrons. The lowest BCUT2D eigenvalue weighted by atomic mass is 9.89. The van der Waals surface area contributed by atoms with Crippen LogP contribution in [0.1, 0.15) is 58.6 Å². The molecule has 2 aliphatic rings. The van der Waals surface area contributed by atoms with Gasteiger partial charge < -0.3 is 14.8 Å². The summed E-state index contributed by atoms with van der Waals surface area (Å²) in [4.78, 5) is 24.9. The topological polar surface area (TPSA) is 91.6 Å². The van der Waals surface area contributed by atoms with Gasteiger partial charge in [-0.05, 0) is 54.2 Å². The van der Waals surface area contributed by atoms with Crippen LogP contribution in [-0.4, -0.2) is 16.9 Å². The van der Waals surface area contributed by atoms with E-state index in [9.17, 15) is 14.7 Å². The van der Waals surface area contributed by atoms with Crippen molar-refractivity contribution in [1.29, 1.82) is 0 Å². The summed E-state index contributed by atoms with van der Waals surface area (Å²) in [6.45, 7) is 0.418. The molecule has 1 fully saturated rings. The SMILES string of the molecule is O=C1NC(=O)c2ccc(C3CCCC3)cc2/C1=C\NCc1ccc(-c2ccoc2)c(O)c1. The van der Waals surface area contributed by atoms with Crippen molar-refractivity contribution in [2.75, 3.05) is 0 Å². The molecular formula is C26H24N2O4. The van der Waals surface area contributed by atoms with Gasteiger partial charge in [-0.15, -0.1) is 0 Å². The van der Waals surface area contributed by atoms with Gasteiger partial charge in [-0.2, -0.15) is 0 Å². The van der Waals surface area contributed by atoms with Crippen LogP contribution >= 0.6 is 0 Å². The summed E-state index contributed by atoms with van der Waals surface area (Å²) in [7, 11) is 0. The summed E-state index contributed by atoms with van der Waals surface area (Å²) >= 11 is 0. The van der Waals surface area contributed by atoms with Crippen molar-refractivity contribution in [2.45, 2.75) is 38.1 Å². The molecule has 6 nitrogen and oxygen atoms in total. The first-order valence-corrected chi connectivity index (χ1v) is 10.9. The first-order chi connectivity index (χ1) is 15.6. The van der Waals surface area contributed by atoms with E-state index >= 15 is 0 Å². The van der Waals surface area contributed by atoms with Gasteiger partial charge >= 0.3 is 0 Å². The molecule has 2 heterocycles. The van der Waals surface area contributed by atoms with Crippen LogP contribution in [0.5, 0.6) is 5.75 Å². The third kappa shape index (κ3) is 3.80. The maximum absolute atomic E-state index is 12.6. The van der Waals surface area contributed by atoms with E-state index in [1.807, 2.05) is 30.3 Å². The minimum Gasteiger partial charge on any atom is -0.507 e. The summed E-state index contributed by atoms with van der Waals surface area (Å²) in [6.07, 6.45) is 9.53. The van der Waals surface area contributed by atoms with E-state index in [1.54, 1.807) is 30.9 Å². The van der Waals surface area contributed by atoms with Gasteiger partial charge in [0, 0.05) is 35.0 Å². The third-order valence-electron chi connectivity index (χ3n) is 6.32. The minimum atomic E-state index is -0.406. The summed E-state index contributed by atoms with van der Waals surface area (Å²) in [5.74, 6) is -0.117. The number of rotatable bonds is 5. The van der Waals surface area contributed by atoms with Crippen molar-refractivity contribution in [1.82, 2.24) is 10.6 Å². The fourth-order valence-corrected chi connectivity index (χ4v) is 4.62. The highest BCUT2D eigenvalue weighted by Crippen LogP contribution is 2.36. The van der Waals surface area contributed by atoms with Crippen LogP contribution in [0.15, 0.2) is 65.6 Å². The van der Waals surface area contributed by atoms with E-state index in [4.69, 9.17) is 4.42 Å². The number of amides is 2. The van der Waals surface area contributed by atoms with Gasteiger partial charge in [-0.25, -0.2) is 0 Å². The lowest BCUT2D eigenvalue weighted by Gasteiger charge is -2.21. The second kappa shape index (κ2) is 8.38. The number of nitrogens with one attached hydrogen (secondary N) is 2. The van der Waals surface area contributed by atoms with Crippen LogP contribution in [0.3, 0.4) is 0 Å². The Balaban J connectivity index is 1.37. The Labute approximate surface area is 186 Å². The van der Waals surface area contributed by atoms with E-state index < -0.39 is 5.91 Å². The Hall–Kier alpha value is -3.80. The fraction of sp³-hybridized carbons (Fsp3) is 0.231. The first kappa shape index (κ1) is 20.1. The molecule has 3 N–H and O–H groups in total. The van der Waals surface area contributed by atoms with E-state index in [0.29, 0.717) is 34.7 Å². The summed E-state index contributed by atoms with van der Waals surface area (Å²) in [6, 6.07) is 13.1. The second-order valence-corrected chi connectivity index (χ2v) is 8.37. The van der Waals surface area contributed by atoms with Gasteiger partial charge in [0.1, 0.15) is 5.75 Å². The monoisotopic (exact) mass is 428 g/mol. The molecule has 0 atom stereocenters. The van der Waals surface area contributed by atoms with Crippen molar-refractivity contribution in [3.8, 4) is 16.9 Å². The molecule has 5 rings (SSSR count). The average molecular weight is 428 g/mol. The zero-order chi connectivity index (χ0) is 22.1.